The number of methoxy groups -OCH3 is 1. The number of fused-ring (bicyclic) bond motifs is 2. The van der Waals surface area contributed by atoms with E-state index in [2.05, 4.69) is 30.6 Å². The van der Waals surface area contributed by atoms with E-state index in [9.17, 15) is 0 Å². The Hall–Kier alpha value is -4.05. The summed E-state index contributed by atoms with van der Waals surface area (Å²) >= 11 is 6.02. The molecule has 11 heteroatoms. The van der Waals surface area contributed by atoms with Crippen LogP contribution in [0, 0.1) is 12.7 Å². The van der Waals surface area contributed by atoms with Gasteiger partial charge in [-0.05, 0) is 31.2 Å². The van der Waals surface area contributed by atoms with Gasteiger partial charge in [0.2, 0.25) is 0 Å². The topological polar surface area (TPSA) is 99.9 Å². The van der Waals surface area contributed by atoms with Gasteiger partial charge in [-0.3, -0.25) is 0 Å². The van der Waals surface area contributed by atoms with Gasteiger partial charge in [0.15, 0.2) is 11.6 Å². The minimum Gasteiger partial charge on any atom is -0.494 e. The molecule has 0 aliphatic carbocycles. The van der Waals surface area contributed by atoms with Crippen LogP contribution in [0.4, 0.5) is 15.9 Å². The summed E-state index contributed by atoms with van der Waals surface area (Å²) in [6.45, 7) is 1.61. The summed E-state index contributed by atoms with van der Waals surface area (Å²) in [7, 11) is 3.24. The first-order chi connectivity index (χ1) is 15.9. The SMILES string of the molecule is COc1cc(Oc2ccc3c(c2)nnn3C)c(C)c(F)c1Nc1ncnc2ccc(Cl)nc12. The van der Waals surface area contributed by atoms with Crippen LogP contribution in [0.3, 0.4) is 0 Å². The van der Waals surface area contributed by atoms with E-state index in [0.717, 1.165) is 5.52 Å². The molecule has 166 valence electrons. The second-order valence-corrected chi connectivity index (χ2v) is 7.59. The van der Waals surface area contributed by atoms with Crippen LogP contribution in [0.1, 0.15) is 5.56 Å². The highest BCUT2D eigenvalue weighted by atomic mass is 35.5. The molecule has 0 aliphatic heterocycles. The summed E-state index contributed by atoms with van der Waals surface area (Å²) in [5.41, 5.74) is 2.86. The average molecular weight is 466 g/mol. The highest BCUT2D eigenvalue weighted by Gasteiger charge is 2.20. The summed E-state index contributed by atoms with van der Waals surface area (Å²) in [5, 5.41) is 11.3. The molecule has 0 radical (unpaired) electrons. The Labute approximate surface area is 192 Å². The Kier molecular flexibility index (Phi) is 5.14. The molecule has 3 heterocycles. The maximum atomic E-state index is 15.5. The number of hydrogen-bond donors (Lipinski definition) is 1. The molecule has 0 atom stereocenters. The number of pyridine rings is 1. The zero-order valence-corrected chi connectivity index (χ0v) is 18.6. The lowest BCUT2D eigenvalue weighted by Gasteiger charge is -2.17. The highest BCUT2D eigenvalue weighted by molar-refractivity contribution is 6.29. The zero-order chi connectivity index (χ0) is 23.1. The Morgan fingerprint density at radius 3 is 2.73 bits per heavy atom. The van der Waals surface area contributed by atoms with Crippen molar-refractivity contribution in [2.45, 2.75) is 6.92 Å². The van der Waals surface area contributed by atoms with Crippen molar-refractivity contribution in [3.05, 3.63) is 59.3 Å². The maximum absolute atomic E-state index is 15.5. The van der Waals surface area contributed by atoms with Crippen LogP contribution in [0.15, 0.2) is 42.7 Å². The van der Waals surface area contributed by atoms with Gasteiger partial charge in [0, 0.05) is 24.7 Å². The number of benzene rings is 2. The van der Waals surface area contributed by atoms with Crippen molar-refractivity contribution >= 4 is 45.2 Å². The van der Waals surface area contributed by atoms with E-state index >= 15 is 4.39 Å². The molecule has 0 spiro atoms. The molecular formula is C22H17ClFN7O2. The Morgan fingerprint density at radius 1 is 1.06 bits per heavy atom. The summed E-state index contributed by atoms with van der Waals surface area (Å²) in [6, 6.07) is 10.3. The van der Waals surface area contributed by atoms with E-state index in [1.807, 2.05) is 6.07 Å². The molecule has 9 nitrogen and oxygen atoms in total. The van der Waals surface area contributed by atoms with E-state index in [1.54, 1.807) is 49.0 Å². The van der Waals surface area contributed by atoms with Crippen LogP contribution in [-0.4, -0.2) is 37.1 Å². The fraction of sp³-hybridized carbons (Fsp3) is 0.136. The maximum Gasteiger partial charge on any atom is 0.160 e. The van der Waals surface area contributed by atoms with Crippen LogP contribution in [-0.2, 0) is 7.05 Å². The normalized spacial score (nSPS) is 11.2. The first-order valence-corrected chi connectivity index (χ1v) is 10.2. The smallest absolute Gasteiger partial charge is 0.160 e. The van der Waals surface area contributed by atoms with E-state index in [-0.39, 0.29) is 22.2 Å². The number of hydrogen-bond acceptors (Lipinski definition) is 8. The van der Waals surface area contributed by atoms with Crippen molar-refractivity contribution in [3.8, 4) is 17.2 Å². The molecule has 0 saturated heterocycles. The third kappa shape index (κ3) is 3.74. The lowest BCUT2D eigenvalue weighted by Crippen LogP contribution is -2.04. The van der Waals surface area contributed by atoms with Crippen LogP contribution >= 0.6 is 11.6 Å². The minimum absolute atomic E-state index is 0.0912. The highest BCUT2D eigenvalue weighted by Crippen LogP contribution is 2.40. The number of rotatable bonds is 5. The van der Waals surface area contributed by atoms with Crippen molar-refractivity contribution < 1.29 is 13.9 Å². The minimum atomic E-state index is -0.557. The number of ether oxygens (including phenoxy) is 2. The van der Waals surface area contributed by atoms with Gasteiger partial charge >= 0.3 is 0 Å². The lowest BCUT2D eigenvalue weighted by molar-refractivity contribution is 0.405. The van der Waals surface area contributed by atoms with E-state index in [4.69, 9.17) is 21.1 Å². The molecule has 0 saturated carbocycles. The fourth-order valence-electron chi connectivity index (χ4n) is 3.42. The molecule has 0 aliphatic rings. The predicted molar refractivity (Wildman–Crippen MR) is 122 cm³/mol. The second kappa shape index (κ2) is 8.14. The number of nitrogens with one attached hydrogen (secondary N) is 1. The van der Waals surface area contributed by atoms with Crippen LogP contribution in [0.5, 0.6) is 17.2 Å². The Morgan fingerprint density at radius 2 is 1.91 bits per heavy atom. The number of aryl methyl sites for hydroxylation is 1. The van der Waals surface area contributed by atoms with Gasteiger partial charge < -0.3 is 14.8 Å². The number of aromatic nitrogens is 6. The number of anilines is 2. The number of halogens is 2. The van der Waals surface area contributed by atoms with E-state index in [1.165, 1.54) is 13.4 Å². The molecule has 0 amide bonds. The lowest BCUT2D eigenvalue weighted by atomic mass is 10.1. The van der Waals surface area contributed by atoms with Gasteiger partial charge in [0.05, 0.1) is 18.1 Å². The molecule has 33 heavy (non-hydrogen) atoms. The molecular weight excluding hydrogens is 449 g/mol. The standard InChI is InChI=1S/C22H17ClFN7O2/c1-11-16(33-12-4-6-15-14(8-12)29-30-31(15)2)9-17(32-3)21(19(11)24)28-22-20-13(25-10-26-22)5-7-18(23)27-20/h4-10H,1-3H3,(H,25,26,28). The van der Waals surface area contributed by atoms with Gasteiger partial charge in [0.25, 0.3) is 0 Å². The summed E-state index contributed by atoms with van der Waals surface area (Å²) in [4.78, 5) is 12.6. The molecule has 5 aromatic rings. The molecule has 0 unspecified atom stereocenters. The van der Waals surface area contributed by atoms with E-state index in [0.29, 0.717) is 33.9 Å². The van der Waals surface area contributed by atoms with Crippen LogP contribution in [0.2, 0.25) is 5.15 Å². The number of nitrogens with zero attached hydrogens (tertiary/aromatic N) is 6. The van der Waals surface area contributed by atoms with Gasteiger partial charge in [-0.25, -0.2) is 24.0 Å². The second-order valence-electron chi connectivity index (χ2n) is 7.21. The first-order valence-electron chi connectivity index (χ1n) is 9.83. The zero-order valence-electron chi connectivity index (χ0n) is 17.8. The first kappa shape index (κ1) is 20.8. The third-order valence-electron chi connectivity index (χ3n) is 5.15. The van der Waals surface area contributed by atoms with E-state index < -0.39 is 5.82 Å². The van der Waals surface area contributed by atoms with Gasteiger partial charge in [0.1, 0.15) is 45.4 Å². The van der Waals surface area contributed by atoms with Crippen molar-refractivity contribution in [2.24, 2.45) is 7.05 Å². The molecule has 3 aromatic heterocycles. The third-order valence-corrected chi connectivity index (χ3v) is 5.36. The molecule has 2 aromatic carbocycles. The average Bonchev–Trinajstić information content (AvgIpc) is 3.19. The van der Waals surface area contributed by atoms with Crippen molar-refractivity contribution in [3.63, 3.8) is 0 Å². The van der Waals surface area contributed by atoms with Gasteiger partial charge in [-0.1, -0.05) is 16.8 Å². The molecule has 0 fully saturated rings. The van der Waals surface area contributed by atoms with Crippen molar-refractivity contribution in [1.82, 2.24) is 29.9 Å². The van der Waals surface area contributed by atoms with Crippen molar-refractivity contribution in [1.29, 1.82) is 0 Å². The predicted octanol–water partition coefficient (Wildman–Crippen LogP) is 4.95. The molecule has 5 rings (SSSR count). The quantitative estimate of drug-likeness (QED) is 0.364. The van der Waals surface area contributed by atoms with Crippen molar-refractivity contribution in [2.75, 3.05) is 12.4 Å². The van der Waals surface area contributed by atoms with Crippen LogP contribution in [0.25, 0.3) is 22.1 Å². The molecule has 1 N–H and O–H groups in total. The van der Waals surface area contributed by atoms with Gasteiger partial charge in [-0.15, -0.1) is 5.10 Å². The monoisotopic (exact) mass is 465 g/mol. The largest absolute Gasteiger partial charge is 0.494 e. The van der Waals surface area contributed by atoms with Crippen LogP contribution < -0.4 is 14.8 Å². The summed E-state index contributed by atoms with van der Waals surface area (Å²) in [6.07, 6.45) is 1.36. The summed E-state index contributed by atoms with van der Waals surface area (Å²) in [5.74, 6) is 0.753. The Bertz CT molecular complexity index is 1520. The summed E-state index contributed by atoms with van der Waals surface area (Å²) < 4.78 is 28.6. The fourth-order valence-corrected chi connectivity index (χ4v) is 3.57. The molecule has 0 bridgehead atoms. The Balaban J connectivity index is 1.53. The van der Waals surface area contributed by atoms with Gasteiger partial charge in [-0.2, -0.15) is 0 Å².